The first-order valence-electron chi connectivity index (χ1n) is 4.35. The molecule has 0 aliphatic rings. The summed E-state index contributed by atoms with van der Waals surface area (Å²) in [6, 6.07) is 0. The van der Waals surface area contributed by atoms with Gasteiger partial charge >= 0.3 is 0 Å². The van der Waals surface area contributed by atoms with Crippen LogP contribution in [0.4, 0.5) is 0 Å². The molecule has 0 atom stereocenters. The molecule has 76 valence electrons. The molecule has 0 aliphatic carbocycles. The van der Waals surface area contributed by atoms with Gasteiger partial charge in [-0.2, -0.15) is 0 Å². The summed E-state index contributed by atoms with van der Waals surface area (Å²) in [5.74, 6) is 0.0984. The van der Waals surface area contributed by atoms with Gasteiger partial charge in [0.2, 0.25) is 0 Å². The number of pyridine rings is 1. The standard InChI is InChI=1S/C10H14N2O2/c1-7-10(14)9(3-2-4-11)8(6-13)5-12-7/h2-3,5,13-14H,4,6,11H2,1H3. The molecule has 14 heavy (non-hydrogen) atoms. The third kappa shape index (κ3) is 2.10. The molecule has 1 aromatic heterocycles. The van der Waals surface area contributed by atoms with Crippen LogP contribution in [0.25, 0.3) is 6.08 Å². The van der Waals surface area contributed by atoms with Gasteiger partial charge in [0.15, 0.2) is 0 Å². The number of aromatic hydroxyl groups is 1. The van der Waals surface area contributed by atoms with Gasteiger partial charge in [-0.25, -0.2) is 0 Å². The molecule has 0 unspecified atom stereocenters. The van der Waals surface area contributed by atoms with Gasteiger partial charge in [0.1, 0.15) is 5.75 Å². The molecule has 0 aliphatic heterocycles. The van der Waals surface area contributed by atoms with Crippen molar-refractivity contribution in [3.63, 3.8) is 0 Å². The molecule has 0 radical (unpaired) electrons. The molecule has 0 aromatic carbocycles. The summed E-state index contributed by atoms with van der Waals surface area (Å²) < 4.78 is 0. The van der Waals surface area contributed by atoms with Crippen molar-refractivity contribution in [2.45, 2.75) is 13.5 Å². The Morgan fingerprint density at radius 3 is 2.86 bits per heavy atom. The normalized spacial score (nSPS) is 11.1. The summed E-state index contributed by atoms with van der Waals surface area (Å²) >= 11 is 0. The van der Waals surface area contributed by atoms with E-state index >= 15 is 0 Å². The zero-order valence-corrected chi connectivity index (χ0v) is 8.07. The molecule has 1 rings (SSSR count). The van der Waals surface area contributed by atoms with E-state index in [4.69, 9.17) is 10.8 Å². The average Bonchev–Trinajstić information content (AvgIpc) is 2.20. The Kier molecular flexibility index (Phi) is 3.62. The minimum absolute atomic E-state index is 0.0984. The van der Waals surface area contributed by atoms with Crippen LogP contribution in [0.15, 0.2) is 12.3 Å². The molecule has 0 fully saturated rings. The molecular weight excluding hydrogens is 180 g/mol. The van der Waals surface area contributed by atoms with Gasteiger partial charge in [-0.1, -0.05) is 12.2 Å². The Bertz CT molecular complexity index is 348. The number of nitrogens with zero attached hydrogens (tertiary/aromatic N) is 1. The third-order valence-corrected chi connectivity index (χ3v) is 1.95. The fourth-order valence-electron chi connectivity index (χ4n) is 1.15. The predicted molar refractivity (Wildman–Crippen MR) is 54.7 cm³/mol. The highest BCUT2D eigenvalue weighted by Gasteiger charge is 2.07. The maximum Gasteiger partial charge on any atom is 0.144 e. The van der Waals surface area contributed by atoms with Crippen LogP contribution in [0, 0.1) is 6.92 Å². The molecule has 1 aromatic rings. The van der Waals surface area contributed by atoms with Crippen molar-refractivity contribution in [2.24, 2.45) is 5.73 Å². The lowest BCUT2D eigenvalue weighted by Gasteiger charge is -2.07. The lowest BCUT2D eigenvalue weighted by molar-refractivity contribution is 0.280. The van der Waals surface area contributed by atoms with E-state index in [1.165, 1.54) is 0 Å². The number of nitrogens with two attached hydrogens (primary N) is 1. The van der Waals surface area contributed by atoms with Gasteiger partial charge in [-0.05, 0) is 6.92 Å². The summed E-state index contributed by atoms with van der Waals surface area (Å²) in [6.07, 6.45) is 4.95. The zero-order valence-electron chi connectivity index (χ0n) is 8.07. The van der Waals surface area contributed by atoms with Crippen LogP contribution in [0.3, 0.4) is 0 Å². The van der Waals surface area contributed by atoms with E-state index in [1.807, 2.05) is 0 Å². The van der Waals surface area contributed by atoms with Crippen LogP contribution in [0.5, 0.6) is 5.75 Å². The fourth-order valence-corrected chi connectivity index (χ4v) is 1.15. The van der Waals surface area contributed by atoms with Crippen molar-refractivity contribution in [2.75, 3.05) is 6.54 Å². The lowest BCUT2D eigenvalue weighted by atomic mass is 10.1. The quantitative estimate of drug-likeness (QED) is 0.657. The van der Waals surface area contributed by atoms with Crippen molar-refractivity contribution < 1.29 is 10.2 Å². The van der Waals surface area contributed by atoms with Gasteiger partial charge < -0.3 is 15.9 Å². The first-order chi connectivity index (χ1) is 6.70. The molecule has 4 nitrogen and oxygen atoms in total. The molecule has 4 N–H and O–H groups in total. The highest BCUT2D eigenvalue weighted by atomic mass is 16.3. The molecular formula is C10H14N2O2. The van der Waals surface area contributed by atoms with Gasteiger partial charge in [0.05, 0.1) is 12.3 Å². The van der Waals surface area contributed by atoms with E-state index < -0.39 is 0 Å². The number of rotatable bonds is 3. The van der Waals surface area contributed by atoms with E-state index in [0.717, 1.165) is 0 Å². The minimum Gasteiger partial charge on any atom is -0.505 e. The van der Waals surface area contributed by atoms with Gasteiger partial charge in [-0.15, -0.1) is 0 Å². The van der Waals surface area contributed by atoms with Gasteiger partial charge in [0, 0.05) is 23.9 Å². The monoisotopic (exact) mass is 194 g/mol. The maximum absolute atomic E-state index is 9.67. The van der Waals surface area contributed by atoms with Crippen molar-refractivity contribution in [3.8, 4) is 5.75 Å². The van der Waals surface area contributed by atoms with E-state index in [0.29, 0.717) is 23.4 Å². The Morgan fingerprint density at radius 2 is 2.29 bits per heavy atom. The average molecular weight is 194 g/mol. The van der Waals surface area contributed by atoms with Crippen molar-refractivity contribution in [3.05, 3.63) is 29.1 Å². The first kappa shape index (κ1) is 10.7. The van der Waals surface area contributed by atoms with E-state index in [-0.39, 0.29) is 12.4 Å². The topological polar surface area (TPSA) is 79.4 Å². The summed E-state index contributed by atoms with van der Waals surface area (Å²) in [5.41, 5.74) is 7.03. The summed E-state index contributed by atoms with van der Waals surface area (Å²) in [7, 11) is 0. The van der Waals surface area contributed by atoms with Crippen molar-refractivity contribution >= 4 is 6.08 Å². The second-order valence-corrected chi connectivity index (χ2v) is 2.93. The van der Waals surface area contributed by atoms with E-state index in [2.05, 4.69) is 4.98 Å². The molecule has 1 heterocycles. The van der Waals surface area contributed by atoms with E-state index in [9.17, 15) is 5.11 Å². The maximum atomic E-state index is 9.67. The Morgan fingerprint density at radius 1 is 1.57 bits per heavy atom. The number of aliphatic hydroxyl groups excluding tert-OH is 1. The molecule has 0 saturated heterocycles. The van der Waals surface area contributed by atoms with Crippen LogP contribution >= 0.6 is 0 Å². The Hall–Kier alpha value is -1.39. The summed E-state index contributed by atoms with van der Waals surface area (Å²) in [6.45, 7) is 1.95. The highest BCUT2D eigenvalue weighted by Crippen LogP contribution is 2.24. The predicted octanol–water partition coefficient (Wildman–Crippen LogP) is 0.560. The van der Waals surface area contributed by atoms with Crippen LogP contribution in [0.1, 0.15) is 16.8 Å². The SMILES string of the molecule is Cc1ncc(CO)c(C=CCN)c1O. The number of aromatic nitrogens is 1. The van der Waals surface area contributed by atoms with E-state index in [1.54, 1.807) is 25.3 Å². The Labute approximate surface area is 82.7 Å². The van der Waals surface area contributed by atoms with Crippen molar-refractivity contribution in [1.82, 2.24) is 4.98 Å². The number of aryl methyl sites for hydroxylation is 1. The fraction of sp³-hybridized carbons (Fsp3) is 0.300. The molecule has 4 heteroatoms. The van der Waals surface area contributed by atoms with Crippen LogP contribution in [-0.4, -0.2) is 21.7 Å². The van der Waals surface area contributed by atoms with Crippen molar-refractivity contribution in [1.29, 1.82) is 0 Å². The summed E-state index contributed by atoms with van der Waals surface area (Å²) in [5, 5.41) is 18.7. The van der Waals surface area contributed by atoms with Gasteiger partial charge in [-0.3, -0.25) is 4.98 Å². The summed E-state index contributed by atoms with van der Waals surface area (Å²) in [4.78, 5) is 3.94. The number of hydrogen-bond donors (Lipinski definition) is 3. The molecule has 0 saturated carbocycles. The lowest BCUT2D eigenvalue weighted by Crippen LogP contribution is -1.96. The largest absolute Gasteiger partial charge is 0.505 e. The highest BCUT2D eigenvalue weighted by molar-refractivity contribution is 5.61. The van der Waals surface area contributed by atoms with Crippen LogP contribution in [0.2, 0.25) is 0 Å². The van der Waals surface area contributed by atoms with Gasteiger partial charge in [0.25, 0.3) is 0 Å². The van der Waals surface area contributed by atoms with Crippen LogP contribution in [-0.2, 0) is 6.61 Å². The minimum atomic E-state index is -0.148. The molecule has 0 spiro atoms. The smallest absolute Gasteiger partial charge is 0.144 e. The molecule has 0 bridgehead atoms. The Balaban J connectivity index is 3.21. The number of aliphatic hydroxyl groups is 1. The van der Waals surface area contributed by atoms with Crippen LogP contribution < -0.4 is 5.73 Å². The zero-order chi connectivity index (χ0) is 10.6. The second-order valence-electron chi connectivity index (χ2n) is 2.93. The molecule has 0 amide bonds. The number of hydrogen-bond acceptors (Lipinski definition) is 4. The first-order valence-corrected chi connectivity index (χ1v) is 4.35. The third-order valence-electron chi connectivity index (χ3n) is 1.95. The second kappa shape index (κ2) is 4.74.